The monoisotopic (exact) mass is 284 g/mol. The maximum atomic E-state index is 11.1. The van der Waals surface area contributed by atoms with E-state index in [1.807, 2.05) is 29.6 Å². The Kier molecular flexibility index (Phi) is 4.04. The van der Waals surface area contributed by atoms with Crippen molar-refractivity contribution in [2.24, 2.45) is 0 Å². The molecule has 0 aliphatic rings. The van der Waals surface area contributed by atoms with Gasteiger partial charge in [-0.15, -0.1) is 11.3 Å². The quantitative estimate of drug-likeness (QED) is 0.849. The Hall–Kier alpha value is -1.04. The number of rotatable bonds is 3. The maximum Gasteiger partial charge on any atom is 0.235 e. The van der Waals surface area contributed by atoms with Gasteiger partial charge in [0.2, 0.25) is 5.91 Å². The van der Waals surface area contributed by atoms with Gasteiger partial charge in [-0.05, 0) is 12.1 Å². The summed E-state index contributed by atoms with van der Waals surface area (Å²) in [6.45, 7) is 0. The van der Waals surface area contributed by atoms with Gasteiger partial charge in [0.15, 0.2) is 5.13 Å². The molecular weight excluding hydrogens is 276 g/mol. The highest BCUT2D eigenvalue weighted by atomic mass is 35.5. The van der Waals surface area contributed by atoms with Gasteiger partial charge in [0.1, 0.15) is 0 Å². The zero-order chi connectivity index (χ0) is 12.3. The molecule has 0 atom stereocenters. The molecule has 1 N–H and O–H groups in total. The maximum absolute atomic E-state index is 11.1. The van der Waals surface area contributed by atoms with Crippen LogP contribution in [0, 0.1) is 0 Å². The van der Waals surface area contributed by atoms with Gasteiger partial charge in [0.25, 0.3) is 0 Å². The van der Waals surface area contributed by atoms with Crippen LogP contribution in [-0.4, -0.2) is 16.6 Å². The van der Waals surface area contributed by atoms with Gasteiger partial charge in [-0.3, -0.25) is 4.79 Å². The van der Waals surface area contributed by atoms with Crippen LogP contribution in [0.25, 0.3) is 11.3 Å². The van der Waals surface area contributed by atoms with Crippen molar-refractivity contribution in [2.75, 3.05) is 11.1 Å². The number of hydrogen-bond donors (Lipinski definition) is 2. The molecule has 0 saturated carbocycles. The van der Waals surface area contributed by atoms with Crippen molar-refractivity contribution in [1.29, 1.82) is 0 Å². The van der Waals surface area contributed by atoms with Gasteiger partial charge in [0, 0.05) is 16.0 Å². The lowest BCUT2D eigenvalue weighted by Gasteiger charge is -1.97. The van der Waals surface area contributed by atoms with Crippen molar-refractivity contribution in [2.45, 2.75) is 0 Å². The summed E-state index contributed by atoms with van der Waals surface area (Å²) < 4.78 is 0. The smallest absolute Gasteiger partial charge is 0.235 e. The Morgan fingerprint density at radius 3 is 2.76 bits per heavy atom. The van der Waals surface area contributed by atoms with Gasteiger partial charge in [-0.1, -0.05) is 23.7 Å². The molecule has 1 heterocycles. The number of carbonyl (C=O) groups is 1. The number of amides is 1. The fourth-order valence-electron chi connectivity index (χ4n) is 1.24. The topological polar surface area (TPSA) is 42.0 Å². The first-order chi connectivity index (χ1) is 8.19. The second-order valence-electron chi connectivity index (χ2n) is 3.25. The number of nitrogens with one attached hydrogen (secondary N) is 1. The largest absolute Gasteiger partial charge is 0.301 e. The van der Waals surface area contributed by atoms with Crippen molar-refractivity contribution < 1.29 is 4.79 Å². The molecule has 0 aliphatic carbocycles. The van der Waals surface area contributed by atoms with Gasteiger partial charge in [0.05, 0.1) is 11.4 Å². The Morgan fingerprint density at radius 2 is 2.12 bits per heavy atom. The lowest BCUT2D eigenvalue weighted by molar-refractivity contribution is -0.113. The first-order valence-corrected chi connectivity index (χ1v) is 6.70. The van der Waals surface area contributed by atoms with Crippen LogP contribution in [0.15, 0.2) is 29.6 Å². The van der Waals surface area contributed by atoms with Crippen molar-refractivity contribution in [3.8, 4) is 11.3 Å². The lowest BCUT2D eigenvalue weighted by atomic mass is 10.2. The fourth-order valence-corrected chi connectivity index (χ4v) is 2.18. The Labute approximate surface area is 113 Å². The van der Waals surface area contributed by atoms with E-state index in [2.05, 4.69) is 22.9 Å². The molecule has 2 aromatic rings. The molecule has 0 aliphatic heterocycles. The normalized spacial score (nSPS) is 10.2. The number of thiol groups is 1. The molecule has 17 heavy (non-hydrogen) atoms. The van der Waals surface area contributed by atoms with Gasteiger partial charge in [-0.2, -0.15) is 12.6 Å². The molecule has 0 radical (unpaired) electrons. The zero-order valence-electron chi connectivity index (χ0n) is 8.68. The molecule has 0 unspecified atom stereocenters. The highest BCUT2D eigenvalue weighted by Gasteiger charge is 2.06. The second kappa shape index (κ2) is 5.53. The minimum absolute atomic E-state index is 0.149. The van der Waals surface area contributed by atoms with Crippen molar-refractivity contribution in [1.82, 2.24) is 4.98 Å². The third-order valence-electron chi connectivity index (χ3n) is 2.03. The zero-order valence-corrected chi connectivity index (χ0v) is 11.1. The number of halogens is 1. The van der Waals surface area contributed by atoms with Crippen molar-refractivity contribution in [3.63, 3.8) is 0 Å². The Bertz CT molecular complexity index is 525. The van der Waals surface area contributed by atoms with Crippen molar-refractivity contribution in [3.05, 3.63) is 34.7 Å². The predicted octanol–water partition coefficient (Wildman–Crippen LogP) is 3.33. The number of carbonyl (C=O) groups excluding carboxylic acids is 1. The Morgan fingerprint density at radius 1 is 1.41 bits per heavy atom. The standard InChI is InChI=1S/C11H9ClN2OS2/c12-8-3-1-7(2-4-8)9-6-17-11(13-9)14-10(15)5-16/h1-4,6,16H,5H2,(H,13,14,15). The SMILES string of the molecule is O=C(CS)Nc1nc(-c2ccc(Cl)cc2)cs1. The number of nitrogens with zero attached hydrogens (tertiary/aromatic N) is 1. The summed E-state index contributed by atoms with van der Waals surface area (Å²) in [7, 11) is 0. The first-order valence-electron chi connectivity index (χ1n) is 4.81. The average molecular weight is 285 g/mol. The van der Waals surface area contributed by atoms with Crippen LogP contribution in [0.5, 0.6) is 0 Å². The van der Waals surface area contributed by atoms with E-state index in [0.717, 1.165) is 11.3 Å². The number of anilines is 1. The molecule has 3 nitrogen and oxygen atoms in total. The van der Waals surface area contributed by atoms with E-state index in [9.17, 15) is 4.79 Å². The predicted molar refractivity (Wildman–Crippen MR) is 75.0 cm³/mol. The van der Waals surface area contributed by atoms with E-state index < -0.39 is 0 Å². The summed E-state index contributed by atoms with van der Waals surface area (Å²) in [6.07, 6.45) is 0. The molecule has 0 saturated heterocycles. The van der Waals surface area contributed by atoms with E-state index in [1.54, 1.807) is 0 Å². The minimum Gasteiger partial charge on any atom is -0.301 e. The van der Waals surface area contributed by atoms with Gasteiger partial charge in [-0.25, -0.2) is 4.98 Å². The number of thiazole rings is 1. The van der Waals surface area contributed by atoms with Crippen LogP contribution in [0.3, 0.4) is 0 Å². The van der Waals surface area contributed by atoms with Crippen LogP contribution in [0.1, 0.15) is 0 Å². The van der Waals surface area contributed by atoms with E-state index in [0.29, 0.717) is 10.2 Å². The highest BCUT2D eigenvalue weighted by molar-refractivity contribution is 7.81. The third kappa shape index (κ3) is 3.21. The number of aromatic nitrogens is 1. The molecular formula is C11H9ClN2OS2. The first kappa shape index (κ1) is 12.4. The van der Waals surface area contributed by atoms with Crippen LogP contribution in [0.2, 0.25) is 5.02 Å². The molecule has 2 rings (SSSR count). The molecule has 88 valence electrons. The molecule has 1 amide bonds. The van der Waals surface area contributed by atoms with E-state index >= 15 is 0 Å². The van der Waals surface area contributed by atoms with E-state index in [4.69, 9.17) is 11.6 Å². The Balaban J connectivity index is 2.18. The van der Waals surface area contributed by atoms with E-state index in [1.165, 1.54) is 11.3 Å². The van der Waals surface area contributed by atoms with Gasteiger partial charge >= 0.3 is 0 Å². The summed E-state index contributed by atoms with van der Waals surface area (Å²) in [5.74, 6) is -0.0131. The van der Waals surface area contributed by atoms with Crippen LogP contribution >= 0.6 is 35.6 Å². The number of benzene rings is 1. The summed E-state index contributed by atoms with van der Waals surface area (Å²) in [5, 5.41) is 5.81. The van der Waals surface area contributed by atoms with Crippen LogP contribution in [-0.2, 0) is 4.79 Å². The summed E-state index contributed by atoms with van der Waals surface area (Å²) in [4.78, 5) is 15.4. The number of hydrogen-bond acceptors (Lipinski definition) is 4. The van der Waals surface area contributed by atoms with Crippen molar-refractivity contribution >= 4 is 46.6 Å². The van der Waals surface area contributed by atoms with Gasteiger partial charge < -0.3 is 5.32 Å². The molecule has 1 aromatic carbocycles. The summed E-state index contributed by atoms with van der Waals surface area (Å²) >= 11 is 11.1. The minimum atomic E-state index is -0.162. The third-order valence-corrected chi connectivity index (χ3v) is 3.33. The fraction of sp³-hybridized carbons (Fsp3) is 0.0909. The molecule has 6 heteroatoms. The summed E-state index contributed by atoms with van der Waals surface area (Å²) in [5.41, 5.74) is 1.79. The van der Waals surface area contributed by atoms with Crippen LogP contribution < -0.4 is 5.32 Å². The summed E-state index contributed by atoms with van der Waals surface area (Å²) in [6, 6.07) is 7.40. The van der Waals surface area contributed by atoms with E-state index in [-0.39, 0.29) is 11.7 Å². The lowest BCUT2D eigenvalue weighted by Crippen LogP contribution is -2.12. The molecule has 0 bridgehead atoms. The highest BCUT2D eigenvalue weighted by Crippen LogP contribution is 2.25. The molecule has 0 spiro atoms. The molecule has 0 fully saturated rings. The average Bonchev–Trinajstić information content (AvgIpc) is 2.78. The van der Waals surface area contributed by atoms with Crippen LogP contribution in [0.4, 0.5) is 5.13 Å². The second-order valence-corrected chi connectivity index (χ2v) is 4.86. The molecule has 1 aromatic heterocycles.